The molecule has 0 radical (unpaired) electrons. The summed E-state index contributed by atoms with van der Waals surface area (Å²) in [6, 6.07) is 4.46. The van der Waals surface area contributed by atoms with Crippen molar-refractivity contribution in [1.29, 1.82) is 0 Å². The number of hydrogen-bond acceptors (Lipinski definition) is 4. The highest BCUT2D eigenvalue weighted by Crippen LogP contribution is 2.38. The number of ether oxygens (including phenoxy) is 3. The van der Waals surface area contributed by atoms with Crippen LogP contribution in [0.4, 0.5) is 0 Å². The molecule has 0 spiro atoms. The maximum atomic E-state index is 5.72. The van der Waals surface area contributed by atoms with Crippen LogP contribution in [-0.2, 0) is 11.2 Å². The van der Waals surface area contributed by atoms with Crippen LogP contribution in [0.3, 0.4) is 0 Å². The molecular weight excluding hydrogens is 230 g/mol. The Hall–Kier alpha value is -1.26. The molecule has 1 N–H and O–H groups in total. The topological polar surface area (TPSA) is 39.7 Å². The summed E-state index contributed by atoms with van der Waals surface area (Å²) in [5.41, 5.74) is 2.63. The molecule has 98 valence electrons. The lowest BCUT2D eigenvalue weighted by atomic mass is 9.94. The molecule has 2 aliphatic heterocycles. The third-order valence-corrected chi connectivity index (χ3v) is 3.39. The third kappa shape index (κ3) is 2.18. The molecule has 18 heavy (non-hydrogen) atoms. The van der Waals surface area contributed by atoms with E-state index < -0.39 is 0 Å². The van der Waals surface area contributed by atoms with Gasteiger partial charge in [-0.3, -0.25) is 0 Å². The van der Waals surface area contributed by atoms with Crippen LogP contribution in [0.15, 0.2) is 12.1 Å². The summed E-state index contributed by atoms with van der Waals surface area (Å²) in [4.78, 5) is 0. The fourth-order valence-electron chi connectivity index (χ4n) is 2.47. The zero-order valence-electron chi connectivity index (χ0n) is 10.9. The highest BCUT2D eigenvalue weighted by atomic mass is 16.7. The van der Waals surface area contributed by atoms with Gasteiger partial charge in [-0.15, -0.1) is 0 Å². The van der Waals surface area contributed by atoms with Gasteiger partial charge in [0.05, 0.1) is 18.8 Å². The third-order valence-electron chi connectivity index (χ3n) is 3.39. The van der Waals surface area contributed by atoms with E-state index in [1.165, 1.54) is 11.1 Å². The first-order chi connectivity index (χ1) is 8.74. The van der Waals surface area contributed by atoms with Gasteiger partial charge in [0.2, 0.25) is 6.79 Å². The first kappa shape index (κ1) is 11.8. The molecular formula is C14H19NO3. The Bertz CT molecular complexity index is 445. The summed E-state index contributed by atoms with van der Waals surface area (Å²) in [5, 5.41) is 3.50. The van der Waals surface area contributed by atoms with Crippen molar-refractivity contribution in [3.63, 3.8) is 0 Å². The van der Waals surface area contributed by atoms with Crippen LogP contribution in [0.1, 0.15) is 31.0 Å². The zero-order valence-corrected chi connectivity index (χ0v) is 10.9. The van der Waals surface area contributed by atoms with Crippen molar-refractivity contribution in [2.75, 3.05) is 19.9 Å². The Balaban J connectivity index is 1.85. The Morgan fingerprint density at radius 1 is 1.33 bits per heavy atom. The van der Waals surface area contributed by atoms with E-state index in [9.17, 15) is 0 Å². The molecule has 0 amide bonds. The Kier molecular flexibility index (Phi) is 3.14. The maximum absolute atomic E-state index is 5.72. The number of fused-ring (bicyclic) bond motifs is 2. The summed E-state index contributed by atoms with van der Waals surface area (Å²) >= 11 is 0. The van der Waals surface area contributed by atoms with E-state index in [4.69, 9.17) is 14.2 Å². The second kappa shape index (κ2) is 4.78. The zero-order chi connectivity index (χ0) is 12.5. The molecule has 0 aromatic heterocycles. The quantitative estimate of drug-likeness (QED) is 0.889. The number of rotatable bonds is 3. The van der Waals surface area contributed by atoms with Crippen molar-refractivity contribution in [2.24, 2.45) is 0 Å². The van der Waals surface area contributed by atoms with E-state index in [2.05, 4.69) is 31.3 Å². The van der Waals surface area contributed by atoms with Gasteiger partial charge in [-0.25, -0.2) is 0 Å². The largest absolute Gasteiger partial charge is 0.454 e. The van der Waals surface area contributed by atoms with Crippen LogP contribution in [0.25, 0.3) is 0 Å². The van der Waals surface area contributed by atoms with E-state index >= 15 is 0 Å². The molecule has 4 nitrogen and oxygen atoms in total. The highest BCUT2D eigenvalue weighted by molar-refractivity contribution is 5.50. The normalized spacial score (nSPS) is 21.2. The van der Waals surface area contributed by atoms with Crippen LogP contribution in [-0.4, -0.2) is 26.0 Å². The summed E-state index contributed by atoms with van der Waals surface area (Å²) in [5.74, 6) is 1.73. The van der Waals surface area contributed by atoms with Crippen LogP contribution in [0, 0.1) is 0 Å². The molecule has 2 heterocycles. The van der Waals surface area contributed by atoms with E-state index in [1.807, 2.05) is 0 Å². The van der Waals surface area contributed by atoms with E-state index in [0.717, 1.165) is 24.5 Å². The molecule has 0 aliphatic carbocycles. The highest BCUT2D eigenvalue weighted by Gasteiger charge is 2.25. The molecule has 1 aromatic carbocycles. The smallest absolute Gasteiger partial charge is 0.231 e. The van der Waals surface area contributed by atoms with E-state index in [1.54, 1.807) is 0 Å². The Morgan fingerprint density at radius 3 is 2.89 bits per heavy atom. The van der Waals surface area contributed by atoms with Crippen LogP contribution < -0.4 is 14.8 Å². The van der Waals surface area contributed by atoms with Crippen molar-refractivity contribution < 1.29 is 14.2 Å². The van der Waals surface area contributed by atoms with Crippen molar-refractivity contribution in [2.45, 2.75) is 32.4 Å². The van der Waals surface area contributed by atoms with E-state index in [-0.39, 0.29) is 12.1 Å². The van der Waals surface area contributed by atoms with Crippen molar-refractivity contribution >= 4 is 0 Å². The molecule has 1 unspecified atom stereocenters. The average molecular weight is 249 g/mol. The van der Waals surface area contributed by atoms with Gasteiger partial charge >= 0.3 is 0 Å². The van der Waals surface area contributed by atoms with Gasteiger partial charge < -0.3 is 19.5 Å². The summed E-state index contributed by atoms with van der Waals surface area (Å²) in [6.45, 7) is 6.13. The van der Waals surface area contributed by atoms with Gasteiger partial charge in [0.1, 0.15) is 0 Å². The van der Waals surface area contributed by atoms with Crippen LogP contribution >= 0.6 is 0 Å². The summed E-state index contributed by atoms with van der Waals surface area (Å²) < 4.78 is 16.6. The second-order valence-electron chi connectivity index (χ2n) is 5.04. The molecule has 0 bridgehead atoms. The molecule has 0 saturated heterocycles. The number of hydrogen-bond donors (Lipinski definition) is 1. The minimum absolute atomic E-state index is 0.255. The first-order valence-electron chi connectivity index (χ1n) is 6.51. The summed E-state index contributed by atoms with van der Waals surface area (Å²) in [7, 11) is 0. The van der Waals surface area contributed by atoms with Gasteiger partial charge in [0, 0.05) is 0 Å². The minimum Gasteiger partial charge on any atom is -0.454 e. The maximum Gasteiger partial charge on any atom is 0.231 e. The molecule has 1 aromatic rings. The molecule has 2 aliphatic rings. The standard InChI is InChI=1S/C14H19NO3/c1-9(2)16-7-12-11-6-14-13(17-8-18-14)5-10(11)3-4-15-12/h5-6,9,12,15H,3-4,7-8H2,1-2H3. The lowest BCUT2D eigenvalue weighted by Crippen LogP contribution is -2.33. The molecule has 0 fully saturated rings. The van der Waals surface area contributed by atoms with E-state index in [0.29, 0.717) is 13.4 Å². The number of nitrogens with one attached hydrogen (secondary N) is 1. The van der Waals surface area contributed by atoms with Gasteiger partial charge in [-0.2, -0.15) is 0 Å². The second-order valence-corrected chi connectivity index (χ2v) is 5.04. The van der Waals surface area contributed by atoms with Crippen molar-refractivity contribution in [1.82, 2.24) is 5.32 Å². The predicted molar refractivity (Wildman–Crippen MR) is 68.1 cm³/mol. The number of benzene rings is 1. The SMILES string of the molecule is CC(C)OCC1NCCc2cc3c(cc21)OCO3. The van der Waals surface area contributed by atoms with Crippen LogP contribution in [0.5, 0.6) is 11.5 Å². The molecule has 1 atom stereocenters. The first-order valence-corrected chi connectivity index (χ1v) is 6.51. The van der Waals surface area contributed by atoms with Gasteiger partial charge in [0.25, 0.3) is 0 Å². The predicted octanol–water partition coefficient (Wildman–Crippen LogP) is 2.03. The lowest BCUT2D eigenvalue weighted by molar-refractivity contribution is 0.0598. The monoisotopic (exact) mass is 249 g/mol. The van der Waals surface area contributed by atoms with Gasteiger partial charge in [-0.05, 0) is 50.1 Å². The lowest BCUT2D eigenvalue weighted by Gasteiger charge is -2.27. The molecule has 0 saturated carbocycles. The van der Waals surface area contributed by atoms with Crippen molar-refractivity contribution in [3.05, 3.63) is 23.3 Å². The van der Waals surface area contributed by atoms with Crippen LogP contribution in [0.2, 0.25) is 0 Å². The summed E-state index contributed by atoms with van der Waals surface area (Å²) in [6.07, 6.45) is 1.29. The molecule has 3 rings (SSSR count). The van der Waals surface area contributed by atoms with Gasteiger partial charge in [-0.1, -0.05) is 0 Å². The fourth-order valence-corrected chi connectivity index (χ4v) is 2.47. The Labute approximate surface area is 107 Å². The molecule has 4 heteroatoms. The van der Waals surface area contributed by atoms with Gasteiger partial charge in [0.15, 0.2) is 11.5 Å². The Morgan fingerprint density at radius 2 is 2.11 bits per heavy atom. The average Bonchev–Trinajstić information content (AvgIpc) is 2.80. The fraction of sp³-hybridized carbons (Fsp3) is 0.571. The van der Waals surface area contributed by atoms with Crippen molar-refractivity contribution in [3.8, 4) is 11.5 Å². The minimum atomic E-state index is 0.255.